The molecule has 21 heavy (non-hydrogen) atoms. The van der Waals surface area contributed by atoms with Gasteiger partial charge in [-0.05, 0) is 25.1 Å². The van der Waals surface area contributed by atoms with Crippen molar-refractivity contribution in [3.8, 4) is 5.75 Å². The van der Waals surface area contributed by atoms with Gasteiger partial charge in [0.2, 0.25) is 5.91 Å². The van der Waals surface area contributed by atoms with Crippen LogP contribution in [0.15, 0.2) is 18.2 Å². The van der Waals surface area contributed by atoms with Gasteiger partial charge in [-0.25, -0.2) is 0 Å². The third-order valence-electron chi connectivity index (χ3n) is 3.44. The monoisotopic (exact) mass is 334 g/mol. The Labute approximate surface area is 135 Å². The molecule has 1 fully saturated rings. The Bertz CT molecular complexity index is 499. The van der Waals surface area contributed by atoms with Crippen LogP contribution in [0.1, 0.15) is 6.92 Å². The summed E-state index contributed by atoms with van der Waals surface area (Å²) >= 11 is 6.09. The van der Waals surface area contributed by atoms with Crippen molar-refractivity contribution < 1.29 is 14.3 Å². The van der Waals surface area contributed by atoms with E-state index in [0.717, 1.165) is 5.69 Å². The van der Waals surface area contributed by atoms with Gasteiger partial charge < -0.3 is 19.7 Å². The number of amides is 1. The van der Waals surface area contributed by atoms with Crippen LogP contribution in [0.3, 0.4) is 0 Å². The molecule has 1 aromatic carbocycles. The van der Waals surface area contributed by atoms with Crippen molar-refractivity contribution >= 4 is 35.6 Å². The highest BCUT2D eigenvalue weighted by atomic mass is 35.5. The van der Waals surface area contributed by atoms with E-state index in [1.165, 1.54) is 0 Å². The number of hydrogen-bond donors (Lipinski definition) is 1. The number of rotatable bonds is 3. The molecule has 1 aliphatic rings. The molecule has 0 spiro atoms. The van der Waals surface area contributed by atoms with Crippen LogP contribution in [-0.4, -0.2) is 45.4 Å². The first-order valence-corrected chi connectivity index (χ1v) is 6.88. The second-order valence-electron chi connectivity index (χ2n) is 4.72. The van der Waals surface area contributed by atoms with Crippen molar-refractivity contribution in [1.29, 1.82) is 0 Å². The molecule has 7 heteroatoms. The standard InChI is InChI=1S/C14H19ClN2O3.ClH/c1-9-13(16-6-7-20-9)14(18)17(2)10-4-5-12(19-3)11(15)8-10;/h4-5,8-9,13,16H,6-7H2,1-3H3;1H/t9-,13+;/m1./s1. The van der Waals surface area contributed by atoms with Gasteiger partial charge in [0.15, 0.2) is 0 Å². The van der Waals surface area contributed by atoms with Crippen molar-refractivity contribution in [2.45, 2.75) is 19.1 Å². The molecule has 1 heterocycles. The van der Waals surface area contributed by atoms with Crippen molar-refractivity contribution in [3.63, 3.8) is 0 Å². The van der Waals surface area contributed by atoms with Gasteiger partial charge in [-0.15, -0.1) is 12.4 Å². The fraction of sp³-hybridized carbons (Fsp3) is 0.500. The van der Waals surface area contributed by atoms with E-state index in [-0.39, 0.29) is 30.5 Å². The number of methoxy groups -OCH3 is 1. The number of benzene rings is 1. The van der Waals surface area contributed by atoms with Gasteiger partial charge in [0.25, 0.3) is 0 Å². The van der Waals surface area contributed by atoms with E-state index < -0.39 is 0 Å². The van der Waals surface area contributed by atoms with E-state index >= 15 is 0 Å². The van der Waals surface area contributed by atoms with Crippen LogP contribution < -0.4 is 15.0 Å². The number of nitrogens with one attached hydrogen (secondary N) is 1. The van der Waals surface area contributed by atoms with E-state index in [2.05, 4.69) is 5.32 Å². The van der Waals surface area contributed by atoms with Crippen LogP contribution in [0, 0.1) is 0 Å². The minimum atomic E-state index is -0.338. The number of ether oxygens (including phenoxy) is 2. The van der Waals surface area contributed by atoms with Crippen LogP contribution in [0.4, 0.5) is 5.69 Å². The lowest BCUT2D eigenvalue weighted by Gasteiger charge is -2.32. The van der Waals surface area contributed by atoms with Crippen molar-refractivity contribution in [3.05, 3.63) is 23.2 Å². The lowest BCUT2D eigenvalue weighted by atomic mass is 10.1. The Morgan fingerprint density at radius 2 is 2.24 bits per heavy atom. The molecule has 1 aliphatic heterocycles. The van der Waals surface area contributed by atoms with Crippen molar-refractivity contribution in [1.82, 2.24) is 5.32 Å². The average molecular weight is 335 g/mol. The van der Waals surface area contributed by atoms with Gasteiger partial charge in [-0.1, -0.05) is 11.6 Å². The molecule has 0 aromatic heterocycles. The minimum Gasteiger partial charge on any atom is -0.495 e. The summed E-state index contributed by atoms with van der Waals surface area (Å²) in [6, 6.07) is 4.92. The minimum absolute atomic E-state index is 0. The second kappa shape index (κ2) is 7.84. The van der Waals surface area contributed by atoms with Gasteiger partial charge >= 0.3 is 0 Å². The van der Waals surface area contributed by atoms with Gasteiger partial charge in [0, 0.05) is 19.3 Å². The maximum absolute atomic E-state index is 12.5. The van der Waals surface area contributed by atoms with Crippen LogP contribution in [0.5, 0.6) is 5.75 Å². The van der Waals surface area contributed by atoms with Gasteiger partial charge in [0.1, 0.15) is 11.8 Å². The zero-order valence-electron chi connectivity index (χ0n) is 12.3. The molecule has 2 rings (SSSR count). The summed E-state index contributed by atoms with van der Waals surface area (Å²) in [4.78, 5) is 14.1. The zero-order chi connectivity index (χ0) is 14.7. The summed E-state index contributed by atoms with van der Waals surface area (Å²) in [5.41, 5.74) is 0.723. The number of hydrogen-bond acceptors (Lipinski definition) is 4. The predicted molar refractivity (Wildman–Crippen MR) is 85.9 cm³/mol. The molecule has 0 aliphatic carbocycles. The molecule has 0 unspecified atom stereocenters. The van der Waals surface area contributed by atoms with Crippen molar-refractivity contribution in [2.75, 3.05) is 32.2 Å². The highest BCUT2D eigenvalue weighted by Crippen LogP contribution is 2.29. The highest BCUT2D eigenvalue weighted by Gasteiger charge is 2.31. The Hall–Kier alpha value is -1.01. The molecule has 0 saturated carbocycles. The first-order valence-electron chi connectivity index (χ1n) is 6.50. The molecule has 0 bridgehead atoms. The predicted octanol–water partition coefficient (Wildman–Crippen LogP) is 2.11. The first-order chi connectivity index (χ1) is 9.54. The molecule has 2 atom stereocenters. The highest BCUT2D eigenvalue weighted by molar-refractivity contribution is 6.32. The molecule has 1 saturated heterocycles. The zero-order valence-corrected chi connectivity index (χ0v) is 13.8. The second-order valence-corrected chi connectivity index (χ2v) is 5.13. The van der Waals surface area contributed by atoms with Crippen LogP contribution in [0.2, 0.25) is 5.02 Å². The molecule has 118 valence electrons. The van der Waals surface area contributed by atoms with E-state index in [4.69, 9.17) is 21.1 Å². The molecule has 1 amide bonds. The Morgan fingerprint density at radius 1 is 1.52 bits per heavy atom. The lowest BCUT2D eigenvalue weighted by molar-refractivity contribution is -0.126. The number of anilines is 1. The number of halogens is 2. The van der Waals surface area contributed by atoms with E-state index in [9.17, 15) is 4.79 Å². The number of nitrogens with zero attached hydrogens (tertiary/aromatic N) is 1. The maximum Gasteiger partial charge on any atom is 0.246 e. The topological polar surface area (TPSA) is 50.8 Å². The normalized spacial score (nSPS) is 21.3. The number of morpholine rings is 1. The Balaban J connectivity index is 0.00000220. The number of likely N-dealkylation sites (N-methyl/N-ethyl adjacent to an activating group) is 1. The van der Waals surface area contributed by atoms with Gasteiger partial charge in [-0.3, -0.25) is 4.79 Å². The van der Waals surface area contributed by atoms with Crippen molar-refractivity contribution in [2.24, 2.45) is 0 Å². The molecular formula is C14H20Cl2N2O3. The SMILES string of the molecule is COc1ccc(N(C)C(=O)[C@H]2NCCO[C@@H]2C)cc1Cl.Cl. The van der Waals surface area contributed by atoms with E-state index in [1.54, 1.807) is 37.3 Å². The summed E-state index contributed by atoms with van der Waals surface area (Å²) in [6.07, 6.45) is -0.146. The van der Waals surface area contributed by atoms with E-state index in [1.807, 2.05) is 6.92 Å². The molecule has 0 radical (unpaired) electrons. The third kappa shape index (κ3) is 4.01. The summed E-state index contributed by atoms with van der Waals surface area (Å²) in [6.45, 7) is 3.20. The van der Waals surface area contributed by atoms with Crippen LogP contribution in [-0.2, 0) is 9.53 Å². The largest absolute Gasteiger partial charge is 0.495 e. The fourth-order valence-electron chi connectivity index (χ4n) is 2.21. The Kier molecular flexibility index (Phi) is 6.74. The summed E-state index contributed by atoms with van der Waals surface area (Å²) in [7, 11) is 3.28. The van der Waals surface area contributed by atoms with Crippen LogP contribution >= 0.6 is 24.0 Å². The third-order valence-corrected chi connectivity index (χ3v) is 3.73. The molecule has 1 N–H and O–H groups in total. The summed E-state index contributed by atoms with van der Waals surface area (Å²) in [5.74, 6) is 0.544. The summed E-state index contributed by atoms with van der Waals surface area (Å²) in [5, 5.41) is 3.66. The number of carbonyl (C=O) groups is 1. The smallest absolute Gasteiger partial charge is 0.246 e. The fourth-order valence-corrected chi connectivity index (χ4v) is 2.46. The molecular weight excluding hydrogens is 315 g/mol. The van der Waals surface area contributed by atoms with Crippen LogP contribution in [0.25, 0.3) is 0 Å². The Morgan fingerprint density at radius 3 is 2.81 bits per heavy atom. The maximum atomic E-state index is 12.5. The lowest BCUT2D eigenvalue weighted by Crippen LogP contribution is -2.55. The van der Waals surface area contributed by atoms with E-state index in [0.29, 0.717) is 23.9 Å². The number of carbonyl (C=O) groups excluding carboxylic acids is 1. The molecule has 1 aromatic rings. The van der Waals surface area contributed by atoms with Gasteiger partial charge in [-0.2, -0.15) is 0 Å². The van der Waals surface area contributed by atoms with Gasteiger partial charge in [0.05, 0.1) is 24.8 Å². The molecule has 5 nitrogen and oxygen atoms in total. The summed E-state index contributed by atoms with van der Waals surface area (Å²) < 4.78 is 10.6. The quantitative estimate of drug-likeness (QED) is 0.919. The average Bonchev–Trinajstić information content (AvgIpc) is 2.46. The first kappa shape index (κ1) is 18.0.